The summed E-state index contributed by atoms with van der Waals surface area (Å²) < 4.78 is 7.57. The Balaban J connectivity index is 1.46. The summed E-state index contributed by atoms with van der Waals surface area (Å²) in [6.45, 7) is 2.88. The second kappa shape index (κ2) is 13.6. The molecule has 0 aliphatic carbocycles. The van der Waals surface area contributed by atoms with Crippen LogP contribution in [0.2, 0.25) is 5.02 Å². The molecule has 0 spiro atoms. The van der Waals surface area contributed by atoms with Crippen molar-refractivity contribution in [2.24, 2.45) is 0 Å². The van der Waals surface area contributed by atoms with Crippen molar-refractivity contribution in [3.05, 3.63) is 94.9 Å². The lowest BCUT2D eigenvalue weighted by Crippen LogP contribution is -2.02. The van der Waals surface area contributed by atoms with Crippen LogP contribution in [0.1, 0.15) is 42.6 Å². The fourth-order valence-corrected chi connectivity index (χ4v) is 4.55. The molecule has 40 heavy (non-hydrogen) atoms. The van der Waals surface area contributed by atoms with Crippen molar-refractivity contribution in [2.75, 3.05) is 6.61 Å². The SMILES string of the molecule is Cc1ccc(-c2cn(CCCC(=O)O)c(/C=C/c3ccc(-c4ccc(OCCCC(=O)O)cc4)cc3)n2)c(Cl)c1. The summed E-state index contributed by atoms with van der Waals surface area (Å²) in [4.78, 5) is 26.4. The van der Waals surface area contributed by atoms with Gasteiger partial charge in [-0.25, -0.2) is 4.98 Å². The second-order valence-corrected chi connectivity index (χ2v) is 9.89. The highest BCUT2D eigenvalue weighted by molar-refractivity contribution is 6.33. The molecule has 4 aromatic rings. The number of ether oxygens (including phenoxy) is 1. The highest BCUT2D eigenvalue weighted by Crippen LogP contribution is 2.29. The number of carboxylic acids is 2. The Bertz CT molecular complexity index is 1490. The number of carbonyl (C=O) groups is 2. The molecule has 2 N–H and O–H groups in total. The molecule has 206 valence electrons. The number of aryl methyl sites for hydroxylation is 2. The topological polar surface area (TPSA) is 102 Å². The van der Waals surface area contributed by atoms with Crippen molar-refractivity contribution in [1.82, 2.24) is 9.55 Å². The van der Waals surface area contributed by atoms with Gasteiger partial charge in [0.25, 0.3) is 0 Å². The molecule has 1 aromatic heterocycles. The van der Waals surface area contributed by atoms with E-state index in [1.165, 1.54) is 0 Å². The van der Waals surface area contributed by atoms with E-state index in [9.17, 15) is 9.59 Å². The predicted molar refractivity (Wildman–Crippen MR) is 157 cm³/mol. The zero-order chi connectivity index (χ0) is 28.5. The van der Waals surface area contributed by atoms with Crippen molar-refractivity contribution < 1.29 is 24.5 Å². The van der Waals surface area contributed by atoms with Crippen molar-refractivity contribution in [3.8, 4) is 28.1 Å². The van der Waals surface area contributed by atoms with E-state index in [1.807, 2.05) is 96.6 Å². The van der Waals surface area contributed by atoms with Crippen molar-refractivity contribution in [2.45, 2.75) is 39.2 Å². The number of halogens is 1. The molecule has 7 nitrogen and oxygen atoms in total. The number of imidazole rings is 1. The smallest absolute Gasteiger partial charge is 0.303 e. The minimum absolute atomic E-state index is 0.0846. The van der Waals surface area contributed by atoms with Gasteiger partial charge < -0.3 is 19.5 Å². The van der Waals surface area contributed by atoms with Crippen molar-refractivity contribution >= 4 is 35.7 Å². The first-order valence-corrected chi connectivity index (χ1v) is 13.4. The van der Waals surface area contributed by atoms with Gasteiger partial charge in [0.1, 0.15) is 11.6 Å². The van der Waals surface area contributed by atoms with E-state index in [-0.39, 0.29) is 12.8 Å². The summed E-state index contributed by atoms with van der Waals surface area (Å²) in [7, 11) is 0. The van der Waals surface area contributed by atoms with Crippen LogP contribution in [-0.2, 0) is 16.1 Å². The van der Waals surface area contributed by atoms with E-state index in [2.05, 4.69) is 0 Å². The lowest BCUT2D eigenvalue weighted by molar-refractivity contribution is -0.138. The minimum Gasteiger partial charge on any atom is -0.494 e. The Hall–Kier alpha value is -4.36. The molecule has 0 fully saturated rings. The molecule has 3 aromatic carbocycles. The fourth-order valence-electron chi connectivity index (χ4n) is 4.22. The van der Waals surface area contributed by atoms with Gasteiger partial charge in [-0.15, -0.1) is 0 Å². The molecule has 0 bridgehead atoms. The highest BCUT2D eigenvalue weighted by atomic mass is 35.5. The molecule has 0 radical (unpaired) electrons. The first-order valence-electron chi connectivity index (χ1n) is 13.1. The standard InChI is InChI=1S/C32H31ClN2O5/c1-22-6-16-27(28(33)20-22)29-21-35(18-2-4-31(36)37)30(34-29)17-9-23-7-10-24(11-8-23)25-12-14-26(15-13-25)40-19-3-5-32(38)39/h6-17,20-21H,2-5,18-19H2,1H3,(H,36,37)(H,38,39)/b17-9+. The molecular formula is C32H31ClN2O5. The number of carboxylic acid groups (broad SMARTS) is 2. The van der Waals surface area contributed by atoms with Crippen molar-refractivity contribution in [3.63, 3.8) is 0 Å². The van der Waals surface area contributed by atoms with Crippen LogP contribution < -0.4 is 4.74 Å². The lowest BCUT2D eigenvalue weighted by Gasteiger charge is -2.07. The molecule has 0 amide bonds. The van der Waals surface area contributed by atoms with Gasteiger partial charge in [-0.1, -0.05) is 66.2 Å². The van der Waals surface area contributed by atoms with Gasteiger partial charge in [-0.2, -0.15) is 0 Å². The number of hydrogen-bond donors (Lipinski definition) is 2. The van der Waals surface area contributed by atoms with E-state index >= 15 is 0 Å². The van der Waals surface area contributed by atoms with E-state index in [0.717, 1.165) is 39.3 Å². The average molecular weight is 559 g/mol. The van der Waals surface area contributed by atoms with Crippen LogP contribution in [0.5, 0.6) is 5.75 Å². The number of aliphatic carboxylic acids is 2. The van der Waals surface area contributed by atoms with Crippen LogP contribution in [0.15, 0.2) is 72.9 Å². The highest BCUT2D eigenvalue weighted by Gasteiger charge is 2.12. The van der Waals surface area contributed by atoms with Crippen LogP contribution in [0, 0.1) is 6.92 Å². The Morgan fingerprint density at radius 1 is 0.900 bits per heavy atom. The molecular weight excluding hydrogens is 528 g/mol. The van der Waals surface area contributed by atoms with Gasteiger partial charge in [0.05, 0.1) is 17.3 Å². The molecule has 0 unspecified atom stereocenters. The zero-order valence-corrected chi connectivity index (χ0v) is 23.0. The van der Waals surface area contributed by atoms with Crippen LogP contribution in [0.3, 0.4) is 0 Å². The molecule has 0 saturated carbocycles. The zero-order valence-electron chi connectivity index (χ0n) is 22.2. The maximum Gasteiger partial charge on any atom is 0.303 e. The van der Waals surface area contributed by atoms with E-state index in [0.29, 0.717) is 36.8 Å². The number of hydrogen-bond acceptors (Lipinski definition) is 4. The maximum absolute atomic E-state index is 11.0. The third-order valence-electron chi connectivity index (χ3n) is 6.32. The minimum atomic E-state index is -0.824. The third-order valence-corrected chi connectivity index (χ3v) is 6.64. The molecule has 0 aliphatic heterocycles. The number of nitrogens with zero attached hydrogens (tertiary/aromatic N) is 2. The molecule has 4 rings (SSSR count). The fraction of sp³-hybridized carbons (Fsp3) is 0.219. The van der Waals surface area contributed by atoms with Gasteiger partial charge in [0.15, 0.2) is 0 Å². The Morgan fingerprint density at radius 3 is 2.20 bits per heavy atom. The Labute approximate surface area is 238 Å². The average Bonchev–Trinajstić information content (AvgIpc) is 3.32. The van der Waals surface area contributed by atoms with Gasteiger partial charge >= 0.3 is 11.9 Å². The summed E-state index contributed by atoms with van der Waals surface area (Å²) in [5.74, 6) is -0.217. The third kappa shape index (κ3) is 8.07. The van der Waals surface area contributed by atoms with Gasteiger partial charge in [-0.05, 0) is 66.3 Å². The quantitative estimate of drug-likeness (QED) is 0.165. The molecule has 0 aliphatic rings. The van der Waals surface area contributed by atoms with Crippen LogP contribution >= 0.6 is 11.6 Å². The summed E-state index contributed by atoms with van der Waals surface area (Å²) >= 11 is 6.49. The summed E-state index contributed by atoms with van der Waals surface area (Å²) in [5.41, 5.74) is 5.74. The summed E-state index contributed by atoms with van der Waals surface area (Å²) in [6.07, 6.45) is 6.96. The van der Waals surface area contributed by atoms with E-state index in [1.54, 1.807) is 0 Å². The van der Waals surface area contributed by atoms with Crippen molar-refractivity contribution in [1.29, 1.82) is 0 Å². The van der Waals surface area contributed by atoms with Crippen LogP contribution in [-0.4, -0.2) is 38.3 Å². The second-order valence-electron chi connectivity index (χ2n) is 9.48. The molecule has 0 atom stereocenters. The first kappa shape index (κ1) is 28.6. The summed E-state index contributed by atoms with van der Waals surface area (Å²) in [6, 6.07) is 21.7. The number of aromatic nitrogens is 2. The van der Waals surface area contributed by atoms with E-state index < -0.39 is 11.9 Å². The van der Waals surface area contributed by atoms with E-state index in [4.69, 9.17) is 31.5 Å². The summed E-state index contributed by atoms with van der Waals surface area (Å²) in [5, 5.41) is 18.4. The Morgan fingerprint density at radius 2 is 1.55 bits per heavy atom. The van der Waals surface area contributed by atoms with Gasteiger partial charge in [-0.3, -0.25) is 9.59 Å². The molecule has 1 heterocycles. The Kier molecular flexibility index (Phi) is 9.76. The predicted octanol–water partition coefficient (Wildman–Crippen LogP) is 7.46. The van der Waals surface area contributed by atoms with Gasteiger partial charge in [0, 0.05) is 31.1 Å². The molecule has 8 heteroatoms. The lowest BCUT2D eigenvalue weighted by atomic mass is 10.0. The van der Waals surface area contributed by atoms with Crippen LogP contribution in [0.25, 0.3) is 34.5 Å². The first-order chi connectivity index (χ1) is 19.3. The molecule has 0 saturated heterocycles. The largest absolute Gasteiger partial charge is 0.494 e. The number of rotatable bonds is 13. The van der Waals surface area contributed by atoms with Gasteiger partial charge in [0.2, 0.25) is 0 Å². The van der Waals surface area contributed by atoms with Crippen LogP contribution in [0.4, 0.5) is 0 Å². The maximum atomic E-state index is 11.0. The number of benzene rings is 3. The monoisotopic (exact) mass is 558 g/mol. The normalized spacial score (nSPS) is 11.2.